The van der Waals surface area contributed by atoms with E-state index in [9.17, 15) is 9.90 Å². The molecular weight excluding hydrogens is 446 g/mol. The predicted molar refractivity (Wildman–Crippen MR) is 145 cm³/mol. The van der Waals surface area contributed by atoms with Crippen LogP contribution in [0, 0.1) is 50.7 Å². The molecule has 6 aliphatic rings. The lowest BCUT2D eigenvalue weighted by molar-refractivity contribution is -0.169. The van der Waals surface area contributed by atoms with Crippen LogP contribution in [0.25, 0.3) is 0 Å². The van der Waals surface area contributed by atoms with Crippen LogP contribution in [0.15, 0.2) is 4.99 Å². The molecule has 0 radical (unpaired) electrons. The van der Waals surface area contributed by atoms with Crippen LogP contribution in [0.5, 0.6) is 0 Å². The first-order valence-electron chi connectivity index (χ1n) is 15.0. The maximum atomic E-state index is 14.5. The normalized spacial score (nSPS) is 54.8. The van der Waals surface area contributed by atoms with Crippen LogP contribution in [-0.2, 0) is 4.79 Å². The maximum Gasteiger partial charge on any atom is 0.140 e. The van der Waals surface area contributed by atoms with Crippen LogP contribution in [-0.4, -0.2) is 60.5 Å². The molecule has 12 atom stereocenters. The summed E-state index contributed by atoms with van der Waals surface area (Å²) in [6.07, 6.45) is 8.09. The molecule has 0 amide bonds. The zero-order valence-electron chi connectivity index (χ0n) is 24.2. The van der Waals surface area contributed by atoms with Crippen LogP contribution in [0.2, 0.25) is 0 Å². The Hall–Kier alpha value is -0.940. The molecule has 6 rings (SSSR count). The Morgan fingerprint density at radius 2 is 1.81 bits per heavy atom. The van der Waals surface area contributed by atoms with Crippen molar-refractivity contribution in [3.63, 3.8) is 0 Å². The third-order valence-corrected chi connectivity index (χ3v) is 14.0. The number of nitrogens with one attached hydrogen (secondary N) is 1. The molecule has 1 aliphatic heterocycles. The highest BCUT2D eigenvalue weighted by atomic mass is 16.3. The lowest BCUT2D eigenvalue weighted by Gasteiger charge is -2.63. The second-order valence-corrected chi connectivity index (χ2v) is 15.2. The van der Waals surface area contributed by atoms with Crippen LogP contribution >= 0.6 is 0 Å². The molecule has 2 spiro atoms. The van der Waals surface area contributed by atoms with Crippen molar-refractivity contribution in [1.29, 1.82) is 0 Å². The second-order valence-electron chi connectivity index (χ2n) is 15.2. The summed E-state index contributed by atoms with van der Waals surface area (Å²) in [5.41, 5.74) is 0.0539. The predicted octanol–water partition coefficient (Wildman–Crippen LogP) is 4.92. The number of Topliss-reactive ketones (excluding diaryl/α,β-unsaturated/α-hetero) is 1. The third-order valence-electron chi connectivity index (χ3n) is 14.0. The Balaban J connectivity index is 1.36. The molecule has 0 aromatic heterocycles. The average molecular weight is 498 g/mol. The van der Waals surface area contributed by atoms with Crippen molar-refractivity contribution in [2.45, 2.75) is 111 Å². The van der Waals surface area contributed by atoms with Gasteiger partial charge < -0.3 is 15.3 Å². The number of hydrogen-bond donors (Lipinski definition) is 2. The van der Waals surface area contributed by atoms with E-state index >= 15 is 0 Å². The summed E-state index contributed by atoms with van der Waals surface area (Å²) < 4.78 is 0. The van der Waals surface area contributed by atoms with E-state index in [0.29, 0.717) is 36.0 Å². The number of ketones is 1. The maximum absolute atomic E-state index is 14.5. The molecule has 5 heteroatoms. The molecule has 2 N–H and O–H groups in total. The van der Waals surface area contributed by atoms with Gasteiger partial charge in [-0.05, 0) is 94.0 Å². The van der Waals surface area contributed by atoms with Crippen molar-refractivity contribution in [2.75, 3.05) is 20.6 Å². The Morgan fingerprint density at radius 1 is 1.11 bits per heavy atom. The number of amidine groups is 1. The van der Waals surface area contributed by atoms with Gasteiger partial charge in [-0.2, -0.15) is 0 Å². The molecule has 202 valence electrons. The van der Waals surface area contributed by atoms with Gasteiger partial charge in [-0.25, -0.2) is 0 Å². The van der Waals surface area contributed by atoms with E-state index in [4.69, 9.17) is 4.99 Å². The summed E-state index contributed by atoms with van der Waals surface area (Å²) >= 11 is 0. The summed E-state index contributed by atoms with van der Waals surface area (Å²) in [5.74, 6) is 3.41. The SMILES string of the molecule is CC[C@H](C)C1=N[C@H]2CC[C@]34C[C@]35C(=O)C[C@]3(C)[C@@H]([C@H](C)N(C)C)[C@H](O)C[C@@]3(C)[C@@H]5CC[C@H]4[C@]2(C)CN1. The van der Waals surface area contributed by atoms with E-state index in [1.807, 2.05) is 0 Å². The number of rotatable bonds is 4. The Bertz CT molecular complexity index is 994. The zero-order chi connectivity index (χ0) is 26.1. The fraction of sp³-hybridized carbons (Fsp3) is 0.935. The number of carbonyl (C=O) groups is 1. The highest BCUT2D eigenvalue weighted by Crippen LogP contribution is 2.88. The Kier molecular flexibility index (Phi) is 5.34. The van der Waals surface area contributed by atoms with Crippen molar-refractivity contribution in [3.05, 3.63) is 0 Å². The molecule has 5 nitrogen and oxygen atoms in total. The lowest BCUT2D eigenvalue weighted by Crippen LogP contribution is -2.64. The smallest absolute Gasteiger partial charge is 0.140 e. The lowest BCUT2D eigenvalue weighted by atomic mass is 9.41. The topological polar surface area (TPSA) is 64.9 Å². The van der Waals surface area contributed by atoms with Gasteiger partial charge in [-0.3, -0.25) is 9.79 Å². The minimum absolute atomic E-state index is 0.0220. The summed E-state index contributed by atoms with van der Waals surface area (Å²) in [4.78, 5) is 22.1. The zero-order valence-corrected chi connectivity index (χ0v) is 24.2. The molecule has 36 heavy (non-hydrogen) atoms. The number of aliphatic hydroxyl groups is 1. The number of aliphatic hydroxyl groups excluding tert-OH is 1. The van der Waals surface area contributed by atoms with Crippen LogP contribution in [0.3, 0.4) is 0 Å². The van der Waals surface area contributed by atoms with Gasteiger partial charge in [0, 0.05) is 41.7 Å². The van der Waals surface area contributed by atoms with Crippen molar-refractivity contribution in [2.24, 2.45) is 55.7 Å². The first-order valence-corrected chi connectivity index (χ1v) is 15.0. The number of nitrogens with zero attached hydrogens (tertiary/aromatic N) is 2. The number of aliphatic imine (C=N–C) groups is 1. The standard InChI is InChI=1S/C31H51N3O2/c1-9-18(2)26-32-17-27(4)21-10-11-22-28(5)14-20(35)25(19(3)34(7)8)29(28,6)15-24(36)31(22)16-30(21,31)13-12-23(27)33-26/h18-23,25,35H,9-17H2,1-8H3,(H,32,33)/t18-,19-,20+,21-,22-,23-,25-,27-,28-,29+,30+,31-/m0/s1. The van der Waals surface area contributed by atoms with Gasteiger partial charge in [0.15, 0.2) is 0 Å². The van der Waals surface area contributed by atoms with Gasteiger partial charge in [0.05, 0.1) is 18.0 Å². The number of carbonyl (C=O) groups excluding carboxylic acids is 1. The molecule has 0 aromatic rings. The molecule has 5 saturated carbocycles. The minimum atomic E-state index is -0.322. The molecule has 5 aliphatic carbocycles. The van der Waals surface area contributed by atoms with E-state index in [0.717, 1.165) is 38.6 Å². The first-order chi connectivity index (χ1) is 16.8. The van der Waals surface area contributed by atoms with Crippen LogP contribution in [0.4, 0.5) is 0 Å². The van der Waals surface area contributed by atoms with Gasteiger partial charge in [-0.15, -0.1) is 0 Å². The van der Waals surface area contributed by atoms with Gasteiger partial charge in [0.2, 0.25) is 0 Å². The molecule has 0 aromatic carbocycles. The van der Waals surface area contributed by atoms with Crippen molar-refractivity contribution >= 4 is 11.6 Å². The third kappa shape index (κ3) is 2.71. The quantitative estimate of drug-likeness (QED) is 0.579. The van der Waals surface area contributed by atoms with E-state index in [1.165, 1.54) is 18.7 Å². The van der Waals surface area contributed by atoms with Gasteiger partial charge in [-0.1, -0.05) is 34.6 Å². The van der Waals surface area contributed by atoms with Crippen molar-refractivity contribution in [3.8, 4) is 0 Å². The van der Waals surface area contributed by atoms with Crippen LogP contribution in [0.1, 0.15) is 92.9 Å². The highest BCUT2D eigenvalue weighted by molar-refractivity contribution is 5.92. The fourth-order valence-corrected chi connectivity index (χ4v) is 11.6. The molecule has 0 unspecified atom stereocenters. The summed E-state index contributed by atoms with van der Waals surface area (Å²) in [6, 6.07) is 0.657. The fourth-order valence-electron chi connectivity index (χ4n) is 11.6. The van der Waals surface area contributed by atoms with E-state index in [1.54, 1.807) is 0 Å². The monoisotopic (exact) mass is 497 g/mol. The van der Waals surface area contributed by atoms with E-state index < -0.39 is 0 Å². The summed E-state index contributed by atoms with van der Waals surface area (Å²) in [7, 11) is 4.24. The molecule has 5 fully saturated rings. The highest BCUT2D eigenvalue weighted by Gasteiger charge is 2.86. The number of fused-ring (bicyclic) bond motifs is 4. The molecule has 1 heterocycles. The van der Waals surface area contributed by atoms with E-state index in [2.05, 4.69) is 65.9 Å². The van der Waals surface area contributed by atoms with Gasteiger partial charge in [0.1, 0.15) is 5.78 Å². The minimum Gasteiger partial charge on any atom is -0.393 e. The molecular formula is C31H51N3O2. The molecule has 0 saturated heterocycles. The van der Waals surface area contributed by atoms with Crippen molar-refractivity contribution < 1.29 is 9.90 Å². The second kappa shape index (κ2) is 7.58. The summed E-state index contributed by atoms with van der Waals surface area (Å²) in [5, 5.41) is 15.3. The Morgan fingerprint density at radius 3 is 2.47 bits per heavy atom. The average Bonchev–Trinajstić information content (AvgIpc) is 3.46. The van der Waals surface area contributed by atoms with Crippen molar-refractivity contribution in [1.82, 2.24) is 10.2 Å². The largest absolute Gasteiger partial charge is 0.393 e. The first kappa shape index (κ1) is 25.3. The molecule has 0 bridgehead atoms. The van der Waals surface area contributed by atoms with E-state index in [-0.39, 0.29) is 45.1 Å². The summed E-state index contributed by atoms with van der Waals surface area (Å²) in [6.45, 7) is 15.1. The van der Waals surface area contributed by atoms with Gasteiger partial charge >= 0.3 is 0 Å². The van der Waals surface area contributed by atoms with Crippen LogP contribution < -0.4 is 5.32 Å². The van der Waals surface area contributed by atoms with Gasteiger partial charge in [0.25, 0.3) is 0 Å². The Labute approximate surface area is 219 Å². The number of hydrogen-bond acceptors (Lipinski definition) is 5.